The Bertz CT molecular complexity index is 1070. The fourth-order valence-electron chi connectivity index (χ4n) is 2.58. The third kappa shape index (κ3) is 4.04. The lowest BCUT2D eigenvalue weighted by Gasteiger charge is -2.16. The number of thioether (sulfide) groups is 1. The number of nitrogens with two attached hydrogens (primary N) is 1. The number of nitrogens with one attached hydrogen (secondary N) is 1. The zero-order chi connectivity index (χ0) is 19.6. The maximum Gasteiger partial charge on any atom is 0.262 e. The van der Waals surface area contributed by atoms with Crippen molar-refractivity contribution < 1.29 is 9.59 Å². The van der Waals surface area contributed by atoms with Gasteiger partial charge in [0.1, 0.15) is 5.00 Å². The van der Waals surface area contributed by atoms with E-state index in [1.54, 1.807) is 34.2 Å². The normalized spacial score (nSPS) is 11.1. The van der Waals surface area contributed by atoms with E-state index in [4.69, 9.17) is 5.73 Å². The first-order chi connectivity index (χ1) is 12.9. The molecule has 1 aromatic carbocycles. The van der Waals surface area contributed by atoms with Gasteiger partial charge in [0.25, 0.3) is 11.5 Å². The molecule has 0 saturated heterocycles. The number of carbonyl (C=O) groups is 2. The van der Waals surface area contributed by atoms with Gasteiger partial charge in [0.15, 0.2) is 5.16 Å². The molecule has 0 atom stereocenters. The number of hydrogen-bond acceptors (Lipinski definition) is 6. The molecule has 0 radical (unpaired) electrons. The molecule has 3 N–H and O–H groups in total. The van der Waals surface area contributed by atoms with Gasteiger partial charge in [-0.05, 0) is 37.4 Å². The Kier molecular flexibility index (Phi) is 5.62. The first kappa shape index (κ1) is 19.1. The Morgan fingerprint density at radius 2 is 2.04 bits per heavy atom. The summed E-state index contributed by atoms with van der Waals surface area (Å²) in [6.45, 7) is 3.79. The van der Waals surface area contributed by atoms with Crippen LogP contribution in [0.4, 0.5) is 5.00 Å². The van der Waals surface area contributed by atoms with Crippen molar-refractivity contribution in [1.29, 1.82) is 0 Å². The average molecular weight is 403 g/mol. The van der Waals surface area contributed by atoms with Gasteiger partial charge in [0.2, 0.25) is 5.91 Å². The number of nitrogens with zero attached hydrogens (tertiary/aromatic N) is 2. The minimum Gasteiger partial charge on any atom is -0.366 e. The lowest BCUT2D eigenvalue weighted by atomic mass is 10.2. The van der Waals surface area contributed by atoms with Crippen LogP contribution in [0.3, 0.4) is 0 Å². The van der Waals surface area contributed by atoms with E-state index in [2.05, 4.69) is 10.3 Å². The zero-order valence-electron chi connectivity index (χ0n) is 14.8. The fraction of sp³-hybridized carbons (Fsp3) is 0.222. The second-order valence-corrected chi connectivity index (χ2v) is 7.90. The largest absolute Gasteiger partial charge is 0.366 e. The zero-order valence-corrected chi connectivity index (χ0v) is 16.4. The second-order valence-electron chi connectivity index (χ2n) is 6.04. The van der Waals surface area contributed by atoms with Gasteiger partial charge in [-0.3, -0.25) is 19.0 Å². The van der Waals surface area contributed by atoms with Crippen molar-refractivity contribution in [1.82, 2.24) is 9.55 Å². The Morgan fingerprint density at radius 3 is 2.74 bits per heavy atom. The quantitative estimate of drug-likeness (QED) is 0.487. The van der Waals surface area contributed by atoms with Gasteiger partial charge in [-0.15, -0.1) is 11.3 Å². The first-order valence-electron chi connectivity index (χ1n) is 8.19. The van der Waals surface area contributed by atoms with Crippen molar-refractivity contribution in [2.24, 2.45) is 5.73 Å². The van der Waals surface area contributed by atoms with Gasteiger partial charge in [0.05, 0.1) is 22.2 Å². The molecule has 27 heavy (non-hydrogen) atoms. The number of anilines is 1. The van der Waals surface area contributed by atoms with Crippen LogP contribution in [-0.4, -0.2) is 27.1 Å². The molecule has 3 aromatic rings. The molecule has 0 aliphatic heterocycles. The Hall–Kier alpha value is -2.65. The van der Waals surface area contributed by atoms with Gasteiger partial charge in [-0.1, -0.05) is 23.9 Å². The van der Waals surface area contributed by atoms with E-state index in [0.29, 0.717) is 21.1 Å². The summed E-state index contributed by atoms with van der Waals surface area (Å²) < 4.78 is 1.58. The van der Waals surface area contributed by atoms with E-state index in [0.717, 1.165) is 0 Å². The van der Waals surface area contributed by atoms with Crippen LogP contribution in [0.2, 0.25) is 0 Å². The molecule has 2 heterocycles. The van der Waals surface area contributed by atoms with Crippen LogP contribution in [0, 0.1) is 0 Å². The lowest BCUT2D eigenvalue weighted by molar-refractivity contribution is -0.113. The first-order valence-corrected chi connectivity index (χ1v) is 10.1. The molecule has 3 rings (SSSR count). The molecule has 2 amide bonds. The Morgan fingerprint density at radius 1 is 1.30 bits per heavy atom. The highest BCUT2D eigenvalue weighted by atomic mass is 32.2. The van der Waals surface area contributed by atoms with E-state index >= 15 is 0 Å². The predicted octanol–water partition coefficient (Wildman–Crippen LogP) is 2.87. The maximum absolute atomic E-state index is 12.8. The molecule has 0 aliphatic carbocycles. The molecule has 2 aromatic heterocycles. The van der Waals surface area contributed by atoms with Crippen LogP contribution in [-0.2, 0) is 4.79 Å². The number of fused-ring (bicyclic) bond motifs is 1. The molecule has 0 aliphatic rings. The van der Waals surface area contributed by atoms with Gasteiger partial charge in [-0.25, -0.2) is 4.98 Å². The van der Waals surface area contributed by atoms with Gasteiger partial charge in [-0.2, -0.15) is 0 Å². The van der Waals surface area contributed by atoms with Crippen LogP contribution < -0.4 is 16.6 Å². The topological polar surface area (TPSA) is 107 Å². The number of amides is 2. The molecule has 0 spiro atoms. The van der Waals surface area contributed by atoms with Gasteiger partial charge in [0, 0.05) is 6.04 Å². The summed E-state index contributed by atoms with van der Waals surface area (Å²) in [5, 5.41) is 5.81. The number of para-hydroxylation sites is 1. The van der Waals surface area contributed by atoms with Gasteiger partial charge < -0.3 is 11.1 Å². The predicted molar refractivity (Wildman–Crippen MR) is 109 cm³/mol. The van der Waals surface area contributed by atoms with Crippen molar-refractivity contribution in [3.63, 3.8) is 0 Å². The Labute approximate surface area is 163 Å². The standard InChI is InChI=1S/C18H18N4O3S2/c1-10(2)22-17(25)11-5-3-4-6-13(11)20-18(22)27-9-14(23)21-16-12(15(19)24)7-8-26-16/h3-8,10H,9H2,1-2H3,(H2,19,24)(H,21,23). The molecule has 0 fully saturated rings. The van der Waals surface area contributed by atoms with Crippen molar-refractivity contribution in [3.8, 4) is 0 Å². The smallest absolute Gasteiger partial charge is 0.262 e. The summed E-state index contributed by atoms with van der Waals surface area (Å²) in [7, 11) is 0. The number of aromatic nitrogens is 2. The number of hydrogen-bond donors (Lipinski definition) is 2. The highest BCUT2D eigenvalue weighted by Gasteiger charge is 2.17. The molecular weight excluding hydrogens is 384 g/mol. The highest BCUT2D eigenvalue weighted by Crippen LogP contribution is 2.24. The average Bonchev–Trinajstić information content (AvgIpc) is 3.08. The minimum absolute atomic E-state index is 0.0492. The summed E-state index contributed by atoms with van der Waals surface area (Å²) in [6.07, 6.45) is 0. The van der Waals surface area contributed by atoms with E-state index in [1.807, 2.05) is 19.9 Å². The number of benzene rings is 1. The molecule has 140 valence electrons. The molecular formula is C18H18N4O3S2. The van der Waals surface area contributed by atoms with Gasteiger partial charge >= 0.3 is 0 Å². The maximum atomic E-state index is 12.8. The number of rotatable bonds is 6. The molecule has 9 heteroatoms. The fourth-order valence-corrected chi connectivity index (χ4v) is 4.31. The van der Waals surface area contributed by atoms with Crippen LogP contribution >= 0.6 is 23.1 Å². The molecule has 7 nitrogen and oxygen atoms in total. The highest BCUT2D eigenvalue weighted by molar-refractivity contribution is 7.99. The monoisotopic (exact) mass is 402 g/mol. The van der Waals surface area contributed by atoms with E-state index < -0.39 is 5.91 Å². The van der Waals surface area contributed by atoms with Crippen LogP contribution in [0.5, 0.6) is 0 Å². The Balaban J connectivity index is 1.83. The lowest BCUT2D eigenvalue weighted by Crippen LogP contribution is -2.25. The van der Waals surface area contributed by atoms with Crippen LogP contribution in [0.1, 0.15) is 30.2 Å². The molecule has 0 saturated carbocycles. The third-order valence-corrected chi connectivity index (χ3v) is 5.59. The summed E-state index contributed by atoms with van der Waals surface area (Å²) in [5.41, 5.74) is 6.03. The van der Waals surface area contributed by atoms with Crippen molar-refractivity contribution in [2.75, 3.05) is 11.1 Å². The van der Waals surface area contributed by atoms with E-state index in [9.17, 15) is 14.4 Å². The minimum atomic E-state index is -0.593. The molecule has 0 unspecified atom stereocenters. The van der Waals surface area contributed by atoms with Crippen molar-refractivity contribution >= 4 is 50.8 Å². The summed E-state index contributed by atoms with van der Waals surface area (Å²) in [4.78, 5) is 41.0. The summed E-state index contributed by atoms with van der Waals surface area (Å²) in [5.74, 6) is -0.847. The van der Waals surface area contributed by atoms with Crippen molar-refractivity contribution in [2.45, 2.75) is 25.0 Å². The van der Waals surface area contributed by atoms with Crippen molar-refractivity contribution in [3.05, 3.63) is 51.6 Å². The van der Waals surface area contributed by atoms with E-state index in [-0.39, 0.29) is 28.8 Å². The number of carbonyl (C=O) groups excluding carboxylic acids is 2. The van der Waals surface area contributed by atoms with Crippen LogP contribution in [0.15, 0.2) is 45.7 Å². The van der Waals surface area contributed by atoms with Crippen LogP contribution in [0.25, 0.3) is 10.9 Å². The van der Waals surface area contributed by atoms with E-state index in [1.165, 1.54) is 23.1 Å². The summed E-state index contributed by atoms with van der Waals surface area (Å²) in [6, 6.07) is 8.60. The SMILES string of the molecule is CC(C)n1c(SCC(=O)Nc2sccc2C(N)=O)nc2ccccc2c1=O. The summed E-state index contributed by atoms with van der Waals surface area (Å²) >= 11 is 2.40. The second kappa shape index (κ2) is 7.93. The molecule has 0 bridgehead atoms. The number of primary amides is 1. The number of thiophene rings is 1. The third-order valence-electron chi connectivity index (χ3n) is 3.81.